The third-order valence-corrected chi connectivity index (χ3v) is 8.13. The van der Waals surface area contributed by atoms with E-state index in [4.69, 9.17) is 4.74 Å². The first-order valence-corrected chi connectivity index (χ1v) is 13.0. The minimum Gasteiger partial charge on any atom is -0.506 e. The van der Waals surface area contributed by atoms with Gasteiger partial charge in [-0.1, -0.05) is 12.1 Å². The zero-order valence-corrected chi connectivity index (χ0v) is 21.5. The fourth-order valence-corrected chi connectivity index (χ4v) is 6.05. The average Bonchev–Trinajstić information content (AvgIpc) is 2.88. The first kappa shape index (κ1) is 24.8. The normalized spacial score (nSPS) is 23.0. The highest BCUT2D eigenvalue weighted by Gasteiger charge is 2.57. The van der Waals surface area contributed by atoms with Gasteiger partial charge in [-0.3, -0.25) is 9.69 Å². The van der Waals surface area contributed by atoms with Crippen molar-refractivity contribution in [2.75, 3.05) is 62.7 Å². The molecule has 2 aromatic carbocycles. The number of nitrogens with zero attached hydrogens (tertiary/aromatic N) is 3. The summed E-state index contributed by atoms with van der Waals surface area (Å²) >= 11 is 0. The van der Waals surface area contributed by atoms with Crippen LogP contribution in [-0.4, -0.2) is 68.8 Å². The molecular weight excluding hydrogens is 459 g/mol. The number of carbonyl (C=O) groups excluding carboxylic acids is 1. The molecule has 36 heavy (non-hydrogen) atoms. The molecule has 0 aromatic heterocycles. The monoisotopic (exact) mass is 496 g/mol. The van der Waals surface area contributed by atoms with Gasteiger partial charge < -0.3 is 25.0 Å². The Balaban J connectivity index is 1.36. The number of phenolic OH excluding ortho intramolecular Hbond substituents is 1. The summed E-state index contributed by atoms with van der Waals surface area (Å²) in [4.78, 5) is 19.3. The van der Waals surface area contributed by atoms with E-state index in [-0.39, 0.29) is 17.5 Å². The van der Waals surface area contributed by atoms with E-state index >= 15 is 4.39 Å². The number of nitrogens with one attached hydrogen (secondary N) is 1. The standard InChI is InChI=1S/C28H37FN4O3/c1-28(2)26(33(27(28)35)22-6-4-5-7-24(22)34)20-16-21(29)23(17-25(20)36-3)32-12-8-19(9-13-32)18-31-14-10-30-11-15-31/h4-7,16-17,19,26,30,34H,8-15,18H2,1-3H3. The van der Waals surface area contributed by atoms with Crippen molar-refractivity contribution >= 4 is 17.3 Å². The predicted molar refractivity (Wildman–Crippen MR) is 139 cm³/mol. The van der Waals surface area contributed by atoms with Crippen LogP contribution in [0, 0.1) is 17.2 Å². The largest absolute Gasteiger partial charge is 0.506 e. The number of hydrogen-bond acceptors (Lipinski definition) is 6. The maximum atomic E-state index is 15.6. The van der Waals surface area contributed by atoms with Crippen molar-refractivity contribution in [3.8, 4) is 11.5 Å². The molecule has 0 radical (unpaired) electrons. The second kappa shape index (κ2) is 9.90. The molecule has 1 unspecified atom stereocenters. The Morgan fingerprint density at radius 1 is 1.08 bits per heavy atom. The summed E-state index contributed by atoms with van der Waals surface area (Å²) in [6, 6.07) is 9.59. The number of piperidine rings is 1. The van der Waals surface area contributed by atoms with Crippen molar-refractivity contribution in [2.45, 2.75) is 32.7 Å². The Morgan fingerprint density at radius 2 is 1.78 bits per heavy atom. The number of para-hydroxylation sites is 2. The number of halogens is 1. The third kappa shape index (κ3) is 4.41. The summed E-state index contributed by atoms with van der Waals surface area (Å²) in [7, 11) is 1.58. The number of ether oxygens (including phenoxy) is 1. The number of rotatable bonds is 6. The highest BCUT2D eigenvalue weighted by Crippen LogP contribution is 2.55. The number of piperazine rings is 1. The summed E-state index contributed by atoms with van der Waals surface area (Å²) in [5.74, 6) is 0.787. The molecule has 8 heteroatoms. The number of hydrogen-bond donors (Lipinski definition) is 2. The van der Waals surface area contributed by atoms with Crippen LogP contribution in [0.1, 0.15) is 38.3 Å². The summed E-state index contributed by atoms with van der Waals surface area (Å²) in [5, 5.41) is 13.8. The van der Waals surface area contributed by atoms with Crippen LogP contribution >= 0.6 is 0 Å². The highest BCUT2D eigenvalue weighted by molar-refractivity contribution is 6.06. The lowest BCUT2D eigenvalue weighted by Gasteiger charge is -2.53. The molecule has 1 amide bonds. The van der Waals surface area contributed by atoms with Gasteiger partial charge >= 0.3 is 0 Å². The zero-order valence-electron chi connectivity index (χ0n) is 21.5. The highest BCUT2D eigenvalue weighted by atomic mass is 19.1. The van der Waals surface area contributed by atoms with Crippen LogP contribution in [0.5, 0.6) is 11.5 Å². The topological polar surface area (TPSA) is 68.3 Å². The van der Waals surface area contributed by atoms with Crippen molar-refractivity contribution in [3.63, 3.8) is 0 Å². The first-order valence-electron chi connectivity index (χ1n) is 13.0. The molecule has 3 heterocycles. The van der Waals surface area contributed by atoms with Crippen LogP contribution in [0.4, 0.5) is 15.8 Å². The first-order chi connectivity index (χ1) is 17.3. The van der Waals surface area contributed by atoms with E-state index in [0.717, 1.165) is 58.7 Å². The molecular formula is C28H37FN4O3. The quantitative estimate of drug-likeness (QED) is 0.594. The second-order valence-corrected chi connectivity index (χ2v) is 10.8. The van der Waals surface area contributed by atoms with E-state index in [0.29, 0.717) is 28.6 Å². The molecule has 7 nitrogen and oxygen atoms in total. The third-order valence-electron chi connectivity index (χ3n) is 8.13. The van der Waals surface area contributed by atoms with Gasteiger partial charge in [0, 0.05) is 57.4 Å². The van der Waals surface area contributed by atoms with E-state index in [1.165, 1.54) is 6.07 Å². The van der Waals surface area contributed by atoms with Crippen molar-refractivity contribution in [2.24, 2.45) is 11.3 Å². The summed E-state index contributed by atoms with van der Waals surface area (Å²) in [6.45, 7) is 10.8. The summed E-state index contributed by atoms with van der Waals surface area (Å²) in [6.07, 6.45) is 2.08. The lowest BCUT2D eigenvalue weighted by molar-refractivity contribution is -0.137. The maximum Gasteiger partial charge on any atom is 0.235 e. The van der Waals surface area contributed by atoms with E-state index < -0.39 is 11.5 Å². The molecule has 1 atom stereocenters. The average molecular weight is 497 g/mol. The predicted octanol–water partition coefficient (Wildman–Crippen LogP) is 3.78. The van der Waals surface area contributed by atoms with Crippen molar-refractivity contribution in [1.82, 2.24) is 10.2 Å². The van der Waals surface area contributed by atoms with Gasteiger partial charge in [0.1, 0.15) is 17.3 Å². The minimum absolute atomic E-state index is 0.0195. The van der Waals surface area contributed by atoms with Crippen LogP contribution < -0.4 is 19.9 Å². The Kier molecular flexibility index (Phi) is 6.83. The summed E-state index contributed by atoms with van der Waals surface area (Å²) in [5.41, 5.74) is 0.824. The Hall–Kier alpha value is -2.84. The molecule has 2 aromatic rings. The van der Waals surface area contributed by atoms with E-state index in [1.807, 2.05) is 13.8 Å². The molecule has 194 valence electrons. The zero-order chi connectivity index (χ0) is 25.4. The molecule has 0 saturated carbocycles. The number of aromatic hydroxyl groups is 1. The molecule has 3 saturated heterocycles. The SMILES string of the molecule is COc1cc(N2CCC(CN3CCNCC3)CC2)c(F)cc1C1N(c2ccccc2O)C(=O)C1(C)C. The van der Waals surface area contributed by atoms with Gasteiger partial charge in [-0.05, 0) is 50.8 Å². The Labute approximate surface area is 212 Å². The fourth-order valence-electron chi connectivity index (χ4n) is 6.05. The minimum atomic E-state index is -0.758. The number of amides is 1. The van der Waals surface area contributed by atoms with Crippen LogP contribution in [-0.2, 0) is 4.79 Å². The second-order valence-electron chi connectivity index (χ2n) is 10.8. The van der Waals surface area contributed by atoms with Crippen molar-refractivity contribution in [3.05, 3.63) is 47.8 Å². The number of phenols is 1. The van der Waals surface area contributed by atoms with E-state index in [1.54, 1.807) is 42.3 Å². The van der Waals surface area contributed by atoms with Crippen molar-refractivity contribution in [1.29, 1.82) is 0 Å². The number of methoxy groups -OCH3 is 1. The smallest absolute Gasteiger partial charge is 0.235 e. The van der Waals surface area contributed by atoms with Crippen LogP contribution in [0.3, 0.4) is 0 Å². The van der Waals surface area contributed by atoms with Gasteiger partial charge in [0.25, 0.3) is 0 Å². The molecule has 3 aliphatic heterocycles. The van der Waals surface area contributed by atoms with Gasteiger partial charge in [0.15, 0.2) is 0 Å². The maximum absolute atomic E-state index is 15.6. The van der Waals surface area contributed by atoms with Crippen molar-refractivity contribution < 1.29 is 19.0 Å². The molecule has 3 aliphatic rings. The number of β-lactam (4-membered cyclic amide) rings is 1. The fraction of sp³-hybridized carbons (Fsp3) is 0.536. The number of anilines is 2. The van der Waals surface area contributed by atoms with Gasteiger partial charge in [0.05, 0.1) is 29.9 Å². The Bertz CT molecular complexity index is 1110. The molecule has 0 spiro atoms. The van der Waals surface area contributed by atoms with E-state index in [9.17, 15) is 9.90 Å². The molecule has 3 fully saturated rings. The number of carbonyl (C=O) groups is 1. The summed E-state index contributed by atoms with van der Waals surface area (Å²) < 4.78 is 21.4. The van der Waals surface area contributed by atoms with Gasteiger partial charge in [-0.2, -0.15) is 0 Å². The van der Waals surface area contributed by atoms with Gasteiger partial charge in [-0.15, -0.1) is 0 Å². The van der Waals surface area contributed by atoms with Gasteiger partial charge in [0.2, 0.25) is 5.91 Å². The Morgan fingerprint density at radius 3 is 2.44 bits per heavy atom. The number of benzene rings is 2. The van der Waals surface area contributed by atoms with Crippen LogP contribution in [0.15, 0.2) is 36.4 Å². The van der Waals surface area contributed by atoms with E-state index in [2.05, 4.69) is 15.1 Å². The molecule has 5 rings (SSSR count). The van der Waals surface area contributed by atoms with Gasteiger partial charge in [-0.25, -0.2) is 4.39 Å². The van der Waals surface area contributed by atoms with Crippen LogP contribution in [0.2, 0.25) is 0 Å². The molecule has 0 aliphatic carbocycles. The molecule has 0 bridgehead atoms. The lowest BCUT2D eigenvalue weighted by atomic mass is 9.70. The van der Waals surface area contributed by atoms with Crippen LogP contribution in [0.25, 0.3) is 0 Å². The lowest BCUT2D eigenvalue weighted by Crippen LogP contribution is -2.61. The molecule has 2 N–H and O–H groups in total.